The lowest BCUT2D eigenvalue weighted by molar-refractivity contribution is -0.126. The van der Waals surface area contributed by atoms with Crippen molar-refractivity contribution in [3.63, 3.8) is 0 Å². The molecule has 0 radical (unpaired) electrons. The Morgan fingerprint density at radius 1 is 1.65 bits per heavy atom. The molecule has 1 aliphatic rings. The number of rotatable bonds is 3. The predicted octanol–water partition coefficient (Wildman–Crippen LogP) is 2.41. The van der Waals surface area contributed by atoms with Crippen LogP contribution in [0.5, 0.6) is 0 Å². The summed E-state index contributed by atoms with van der Waals surface area (Å²) in [6.45, 7) is 3.65. The second kappa shape index (κ2) is 5.85. The summed E-state index contributed by atoms with van der Waals surface area (Å²) in [5.41, 5.74) is 0. The molecule has 1 saturated heterocycles. The fourth-order valence-corrected chi connectivity index (χ4v) is 3.16. The monoisotopic (exact) mass is 272 g/mol. The van der Waals surface area contributed by atoms with Crippen molar-refractivity contribution >= 4 is 28.8 Å². The molecule has 3 nitrogen and oxygen atoms in total. The largest absolute Gasteiger partial charge is 0.351 e. The molecule has 2 heterocycles. The topological polar surface area (TPSA) is 41.1 Å². The van der Waals surface area contributed by atoms with Crippen LogP contribution in [-0.4, -0.2) is 18.5 Å². The lowest BCUT2D eigenvalue weighted by atomic mass is 9.92. The zero-order valence-corrected chi connectivity index (χ0v) is 11.4. The van der Waals surface area contributed by atoms with Gasteiger partial charge in [-0.25, -0.2) is 0 Å². The third-order valence-corrected chi connectivity index (χ3v) is 4.29. The number of carbonyl (C=O) groups excluding carboxylic acids is 1. The van der Waals surface area contributed by atoms with Crippen LogP contribution in [0.1, 0.15) is 24.6 Å². The molecular formula is C12H17ClN2OS. The summed E-state index contributed by atoms with van der Waals surface area (Å²) >= 11 is 7.36. The smallest absolute Gasteiger partial charge is 0.223 e. The van der Waals surface area contributed by atoms with Gasteiger partial charge in [-0.15, -0.1) is 11.3 Å². The SMILES string of the molecule is CC1CC(C(=O)NCc2ccc(Cl)s2)CCN1. The summed E-state index contributed by atoms with van der Waals surface area (Å²) in [6, 6.07) is 4.26. The van der Waals surface area contributed by atoms with E-state index in [1.807, 2.05) is 12.1 Å². The number of nitrogens with one attached hydrogen (secondary N) is 2. The second-order valence-electron chi connectivity index (χ2n) is 4.50. The highest BCUT2D eigenvalue weighted by Gasteiger charge is 2.24. The Kier molecular flexibility index (Phi) is 4.42. The van der Waals surface area contributed by atoms with Gasteiger partial charge in [-0.3, -0.25) is 4.79 Å². The van der Waals surface area contributed by atoms with Crippen LogP contribution in [0.4, 0.5) is 0 Å². The Morgan fingerprint density at radius 3 is 3.12 bits per heavy atom. The molecule has 0 aliphatic carbocycles. The maximum Gasteiger partial charge on any atom is 0.223 e. The lowest BCUT2D eigenvalue weighted by Crippen LogP contribution is -2.42. The van der Waals surface area contributed by atoms with E-state index < -0.39 is 0 Å². The Bertz CT molecular complexity index is 394. The third kappa shape index (κ3) is 3.69. The zero-order chi connectivity index (χ0) is 12.3. The average molecular weight is 273 g/mol. The van der Waals surface area contributed by atoms with Gasteiger partial charge < -0.3 is 10.6 Å². The highest BCUT2D eigenvalue weighted by atomic mass is 35.5. The number of thiophene rings is 1. The number of halogens is 1. The number of carbonyl (C=O) groups is 1. The van der Waals surface area contributed by atoms with E-state index in [2.05, 4.69) is 17.6 Å². The first-order chi connectivity index (χ1) is 8.15. The Hall–Kier alpha value is -0.580. The van der Waals surface area contributed by atoms with Crippen LogP contribution in [0.15, 0.2) is 12.1 Å². The Labute approximate surface area is 111 Å². The average Bonchev–Trinajstić information content (AvgIpc) is 2.72. The van der Waals surface area contributed by atoms with Crippen molar-refractivity contribution in [2.45, 2.75) is 32.4 Å². The van der Waals surface area contributed by atoms with E-state index in [0.717, 1.165) is 28.6 Å². The summed E-state index contributed by atoms with van der Waals surface area (Å²) < 4.78 is 0.768. The van der Waals surface area contributed by atoms with Gasteiger partial charge in [0.2, 0.25) is 5.91 Å². The first-order valence-electron chi connectivity index (χ1n) is 5.90. The minimum atomic E-state index is 0.154. The van der Waals surface area contributed by atoms with E-state index in [9.17, 15) is 4.79 Å². The summed E-state index contributed by atoms with van der Waals surface area (Å²) in [4.78, 5) is 13.1. The van der Waals surface area contributed by atoms with Crippen LogP contribution in [0.25, 0.3) is 0 Å². The van der Waals surface area contributed by atoms with Gasteiger partial charge in [0.15, 0.2) is 0 Å². The summed E-state index contributed by atoms with van der Waals surface area (Å²) in [5.74, 6) is 0.324. The van der Waals surface area contributed by atoms with Gasteiger partial charge in [0.1, 0.15) is 0 Å². The summed E-state index contributed by atoms with van der Waals surface area (Å²) in [7, 11) is 0. The summed E-state index contributed by atoms with van der Waals surface area (Å²) in [5, 5.41) is 6.34. The van der Waals surface area contributed by atoms with Crippen molar-refractivity contribution in [1.82, 2.24) is 10.6 Å². The molecule has 1 fully saturated rings. The molecule has 0 spiro atoms. The van der Waals surface area contributed by atoms with Crippen LogP contribution >= 0.6 is 22.9 Å². The van der Waals surface area contributed by atoms with Gasteiger partial charge in [-0.1, -0.05) is 11.6 Å². The molecule has 2 unspecified atom stereocenters. The van der Waals surface area contributed by atoms with Gasteiger partial charge in [0.25, 0.3) is 0 Å². The Morgan fingerprint density at radius 2 is 2.47 bits per heavy atom. The van der Waals surface area contributed by atoms with Crippen molar-refractivity contribution in [2.24, 2.45) is 5.92 Å². The van der Waals surface area contributed by atoms with E-state index >= 15 is 0 Å². The van der Waals surface area contributed by atoms with Crippen LogP contribution in [-0.2, 0) is 11.3 Å². The van der Waals surface area contributed by atoms with E-state index in [1.54, 1.807) is 0 Å². The molecule has 1 aliphatic heterocycles. The molecule has 0 bridgehead atoms. The van der Waals surface area contributed by atoms with Crippen molar-refractivity contribution in [2.75, 3.05) is 6.54 Å². The van der Waals surface area contributed by atoms with E-state index in [4.69, 9.17) is 11.6 Å². The summed E-state index contributed by atoms with van der Waals surface area (Å²) in [6.07, 6.45) is 1.86. The first kappa shape index (κ1) is 12.9. The lowest BCUT2D eigenvalue weighted by Gasteiger charge is -2.27. The van der Waals surface area contributed by atoms with Gasteiger partial charge in [0, 0.05) is 16.8 Å². The highest BCUT2D eigenvalue weighted by molar-refractivity contribution is 7.16. The van der Waals surface area contributed by atoms with Gasteiger partial charge in [-0.2, -0.15) is 0 Å². The standard InChI is InChI=1S/C12H17ClN2OS/c1-8-6-9(4-5-14-8)12(16)15-7-10-2-3-11(13)17-10/h2-3,8-9,14H,4-7H2,1H3,(H,15,16). The molecule has 5 heteroatoms. The maximum absolute atomic E-state index is 12.0. The van der Waals surface area contributed by atoms with E-state index in [0.29, 0.717) is 12.6 Å². The molecule has 2 rings (SSSR count). The molecule has 2 N–H and O–H groups in total. The van der Waals surface area contributed by atoms with Crippen molar-refractivity contribution in [1.29, 1.82) is 0 Å². The quantitative estimate of drug-likeness (QED) is 0.887. The minimum absolute atomic E-state index is 0.154. The maximum atomic E-state index is 12.0. The zero-order valence-electron chi connectivity index (χ0n) is 9.83. The van der Waals surface area contributed by atoms with Crippen LogP contribution in [0.2, 0.25) is 4.34 Å². The number of piperidine rings is 1. The highest BCUT2D eigenvalue weighted by Crippen LogP contribution is 2.21. The fourth-order valence-electron chi connectivity index (χ4n) is 2.14. The van der Waals surface area contributed by atoms with Gasteiger partial charge in [-0.05, 0) is 38.4 Å². The molecular weight excluding hydrogens is 256 g/mol. The molecule has 1 aromatic heterocycles. The van der Waals surface area contributed by atoms with Gasteiger partial charge >= 0.3 is 0 Å². The van der Waals surface area contributed by atoms with Gasteiger partial charge in [0.05, 0.1) is 10.9 Å². The van der Waals surface area contributed by atoms with Crippen LogP contribution in [0, 0.1) is 5.92 Å². The van der Waals surface area contributed by atoms with E-state index in [1.165, 1.54) is 11.3 Å². The molecule has 1 aromatic rings. The normalized spacial score (nSPS) is 24.6. The third-order valence-electron chi connectivity index (χ3n) is 3.06. The number of hydrogen-bond acceptors (Lipinski definition) is 3. The van der Waals surface area contributed by atoms with Crippen LogP contribution < -0.4 is 10.6 Å². The molecule has 0 saturated carbocycles. The Balaban J connectivity index is 1.80. The molecule has 17 heavy (non-hydrogen) atoms. The van der Waals surface area contributed by atoms with Crippen molar-refractivity contribution in [3.05, 3.63) is 21.3 Å². The number of hydrogen-bond donors (Lipinski definition) is 2. The second-order valence-corrected chi connectivity index (χ2v) is 6.30. The van der Waals surface area contributed by atoms with Crippen molar-refractivity contribution < 1.29 is 4.79 Å². The minimum Gasteiger partial charge on any atom is -0.351 e. The van der Waals surface area contributed by atoms with Crippen LogP contribution in [0.3, 0.4) is 0 Å². The van der Waals surface area contributed by atoms with E-state index in [-0.39, 0.29) is 11.8 Å². The molecule has 2 atom stereocenters. The molecule has 94 valence electrons. The van der Waals surface area contributed by atoms with Crippen molar-refractivity contribution in [3.8, 4) is 0 Å². The fraction of sp³-hybridized carbons (Fsp3) is 0.583. The number of amides is 1. The predicted molar refractivity (Wildman–Crippen MR) is 71.4 cm³/mol. The first-order valence-corrected chi connectivity index (χ1v) is 7.10. The molecule has 1 amide bonds. The molecule has 0 aromatic carbocycles.